The van der Waals surface area contributed by atoms with Gasteiger partial charge in [-0.1, -0.05) is 6.42 Å². The zero-order valence-electron chi connectivity index (χ0n) is 10.3. The number of carbonyl (C=O) groups excluding carboxylic acids is 1. The zero-order valence-corrected chi connectivity index (χ0v) is 12.0. The summed E-state index contributed by atoms with van der Waals surface area (Å²) in [6.07, 6.45) is 6.52. The third kappa shape index (κ3) is 3.86. The molecule has 3 N–H and O–H groups in total. The lowest BCUT2D eigenvalue weighted by molar-refractivity contribution is -0.125. The Morgan fingerprint density at radius 1 is 1.56 bits per heavy atom. The molecule has 104 valence electrons. The number of carbonyl (C=O) groups is 1. The number of nitrogens with zero attached hydrogens (tertiary/aromatic N) is 2. The van der Waals surface area contributed by atoms with Gasteiger partial charge < -0.3 is 15.6 Å². The molecule has 2 unspecified atom stereocenters. The molecule has 1 saturated carbocycles. The maximum absolute atomic E-state index is 11.8. The van der Waals surface area contributed by atoms with Crippen LogP contribution in [0.25, 0.3) is 0 Å². The largest absolute Gasteiger partial charge is 0.349 e. The Bertz CT molecular complexity index is 383. The fourth-order valence-electron chi connectivity index (χ4n) is 2.18. The van der Waals surface area contributed by atoms with Gasteiger partial charge in [-0.3, -0.25) is 4.79 Å². The molecule has 2 atom stereocenters. The van der Waals surface area contributed by atoms with E-state index in [4.69, 9.17) is 5.73 Å². The third-order valence-corrected chi connectivity index (χ3v) is 3.25. The van der Waals surface area contributed by atoms with Crippen molar-refractivity contribution >= 4 is 30.7 Å². The number of nitrogens with one attached hydrogen (secondary N) is 1. The molecule has 1 aliphatic carbocycles. The number of amides is 1. The number of halogens is 2. The van der Waals surface area contributed by atoms with E-state index in [2.05, 4.69) is 10.3 Å². The van der Waals surface area contributed by atoms with Crippen molar-refractivity contribution in [2.24, 2.45) is 18.7 Å². The lowest BCUT2D eigenvalue weighted by atomic mass is 10.0. The second-order valence-corrected chi connectivity index (χ2v) is 4.37. The van der Waals surface area contributed by atoms with Crippen LogP contribution in [0.15, 0.2) is 12.4 Å². The fraction of sp³-hybridized carbons (Fsp3) is 0.636. The summed E-state index contributed by atoms with van der Waals surface area (Å²) in [6.45, 7) is 0.478. The molecular formula is C11H20Cl2N4O. The van der Waals surface area contributed by atoms with Gasteiger partial charge in [0.25, 0.3) is 0 Å². The van der Waals surface area contributed by atoms with E-state index in [0.717, 1.165) is 25.1 Å². The Hall–Kier alpha value is -0.780. The van der Waals surface area contributed by atoms with Crippen LogP contribution in [0.2, 0.25) is 0 Å². The van der Waals surface area contributed by atoms with E-state index in [1.54, 1.807) is 6.20 Å². The molecule has 1 fully saturated rings. The Morgan fingerprint density at radius 2 is 2.28 bits per heavy atom. The number of imidazole rings is 1. The van der Waals surface area contributed by atoms with Crippen LogP contribution in [0.3, 0.4) is 0 Å². The van der Waals surface area contributed by atoms with Crippen LogP contribution < -0.4 is 11.1 Å². The Balaban J connectivity index is 0.00000144. The molecule has 0 saturated heterocycles. The van der Waals surface area contributed by atoms with Gasteiger partial charge in [0, 0.05) is 25.5 Å². The van der Waals surface area contributed by atoms with E-state index in [1.165, 1.54) is 0 Å². The van der Waals surface area contributed by atoms with Crippen molar-refractivity contribution in [3.05, 3.63) is 18.2 Å². The molecule has 5 nitrogen and oxygen atoms in total. The molecule has 1 aromatic heterocycles. The van der Waals surface area contributed by atoms with Crippen LogP contribution in [0.5, 0.6) is 0 Å². The molecular weight excluding hydrogens is 275 g/mol. The van der Waals surface area contributed by atoms with Crippen molar-refractivity contribution in [3.63, 3.8) is 0 Å². The van der Waals surface area contributed by atoms with Crippen molar-refractivity contribution in [2.75, 3.05) is 0 Å². The average molecular weight is 295 g/mol. The zero-order chi connectivity index (χ0) is 11.5. The number of nitrogens with two attached hydrogens (primary N) is 1. The Labute approximate surface area is 119 Å². The molecule has 1 aromatic rings. The van der Waals surface area contributed by atoms with E-state index >= 15 is 0 Å². The number of hydrogen-bond donors (Lipinski definition) is 2. The number of hydrogen-bond acceptors (Lipinski definition) is 3. The van der Waals surface area contributed by atoms with Crippen LogP contribution in [0, 0.1) is 5.92 Å². The minimum absolute atomic E-state index is 0. The number of aryl methyl sites for hydroxylation is 1. The van der Waals surface area contributed by atoms with Crippen LogP contribution >= 0.6 is 24.8 Å². The topological polar surface area (TPSA) is 72.9 Å². The molecule has 1 aliphatic rings. The van der Waals surface area contributed by atoms with Gasteiger partial charge in [0.05, 0.1) is 12.5 Å². The molecule has 2 rings (SSSR count). The highest BCUT2D eigenvalue weighted by molar-refractivity contribution is 5.85. The second kappa shape index (κ2) is 7.61. The summed E-state index contributed by atoms with van der Waals surface area (Å²) in [7, 11) is 1.91. The summed E-state index contributed by atoms with van der Waals surface area (Å²) in [6, 6.07) is 0.0290. The van der Waals surface area contributed by atoms with Crippen molar-refractivity contribution in [1.82, 2.24) is 14.9 Å². The third-order valence-electron chi connectivity index (χ3n) is 3.25. The van der Waals surface area contributed by atoms with Crippen molar-refractivity contribution in [2.45, 2.75) is 31.8 Å². The first-order chi connectivity index (χ1) is 7.68. The minimum atomic E-state index is -0.0136. The highest BCUT2D eigenvalue weighted by atomic mass is 35.5. The minimum Gasteiger partial charge on any atom is -0.349 e. The predicted molar refractivity (Wildman–Crippen MR) is 74.9 cm³/mol. The summed E-state index contributed by atoms with van der Waals surface area (Å²) >= 11 is 0. The first-order valence-corrected chi connectivity index (χ1v) is 5.68. The van der Waals surface area contributed by atoms with Crippen molar-refractivity contribution < 1.29 is 4.79 Å². The van der Waals surface area contributed by atoms with E-state index in [1.807, 2.05) is 17.8 Å². The highest BCUT2D eigenvalue weighted by Crippen LogP contribution is 2.23. The summed E-state index contributed by atoms with van der Waals surface area (Å²) in [5.74, 6) is 0.910. The molecule has 0 aliphatic heterocycles. The van der Waals surface area contributed by atoms with E-state index < -0.39 is 0 Å². The maximum atomic E-state index is 11.8. The van der Waals surface area contributed by atoms with Crippen LogP contribution in [0.1, 0.15) is 25.1 Å². The van der Waals surface area contributed by atoms with Gasteiger partial charge in [-0.15, -0.1) is 24.8 Å². The van der Waals surface area contributed by atoms with Crippen LogP contribution in [-0.4, -0.2) is 21.5 Å². The smallest absolute Gasteiger partial charge is 0.225 e. The number of rotatable bonds is 3. The maximum Gasteiger partial charge on any atom is 0.225 e. The molecule has 1 heterocycles. The standard InChI is InChI=1S/C11H18N4O.2ClH/c1-15-6-5-13-10(15)7-14-11(16)8-3-2-4-9(8)12;;/h5-6,8-9H,2-4,7,12H2,1H3,(H,14,16);2*1H. The molecule has 18 heavy (non-hydrogen) atoms. The monoisotopic (exact) mass is 294 g/mol. The summed E-state index contributed by atoms with van der Waals surface area (Å²) in [4.78, 5) is 16.0. The SMILES string of the molecule is Cl.Cl.Cn1ccnc1CNC(=O)C1CCCC1N. The van der Waals surface area contributed by atoms with E-state index in [-0.39, 0.29) is 42.7 Å². The van der Waals surface area contributed by atoms with Gasteiger partial charge in [-0.05, 0) is 12.8 Å². The molecule has 0 bridgehead atoms. The van der Waals surface area contributed by atoms with Gasteiger partial charge in [0.1, 0.15) is 5.82 Å². The van der Waals surface area contributed by atoms with E-state index in [0.29, 0.717) is 6.54 Å². The van der Waals surface area contributed by atoms with E-state index in [9.17, 15) is 4.79 Å². The van der Waals surface area contributed by atoms with Gasteiger partial charge in [-0.2, -0.15) is 0 Å². The summed E-state index contributed by atoms with van der Waals surface area (Å²) in [5.41, 5.74) is 5.88. The first-order valence-electron chi connectivity index (χ1n) is 5.68. The average Bonchev–Trinajstić information content (AvgIpc) is 2.84. The second-order valence-electron chi connectivity index (χ2n) is 4.37. The molecule has 0 radical (unpaired) electrons. The lowest BCUT2D eigenvalue weighted by Gasteiger charge is -2.14. The molecule has 0 aromatic carbocycles. The van der Waals surface area contributed by atoms with Gasteiger partial charge in [0.2, 0.25) is 5.91 Å². The Morgan fingerprint density at radius 3 is 2.78 bits per heavy atom. The van der Waals surface area contributed by atoms with Gasteiger partial charge in [-0.25, -0.2) is 4.98 Å². The quantitative estimate of drug-likeness (QED) is 0.874. The van der Waals surface area contributed by atoms with Gasteiger partial charge in [0.15, 0.2) is 0 Å². The first kappa shape index (κ1) is 17.2. The highest BCUT2D eigenvalue weighted by Gasteiger charge is 2.29. The van der Waals surface area contributed by atoms with Crippen molar-refractivity contribution in [3.8, 4) is 0 Å². The number of aromatic nitrogens is 2. The van der Waals surface area contributed by atoms with Crippen LogP contribution in [0.4, 0.5) is 0 Å². The molecule has 0 spiro atoms. The lowest BCUT2D eigenvalue weighted by Crippen LogP contribution is -2.38. The fourth-order valence-corrected chi connectivity index (χ4v) is 2.18. The normalized spacial score (nSPS) is 21.9. The molecule has 1 amide bonds. The summed E-state index contributed by atoms with van der Waals surface area (Å²) < 4.78 is 1.90. The van der Waals surface area contributed by atoms with Crippen molar-refractivity contribution in [1.29, 1.82) is 0 Å². The van der Waals surface area contributed by atoms with Crippen LogP contribution in [-0.2, 0) is 18.4 Å². The molecule has 7 heteroatoms. The van der Waals surface area contributed by atoms with Gasteiger partial charge >= 0.3 is 0 Å². The predicted octanol–water partition coefficient (Wildman–Crippen LogP) is 1.01. The Kier molecular flexibility index (Phi) is 7.28. The summed E-state index contributed by atoms with van der Waals surface area (Å²) in [5, 5.41) is 2.90.